The lowest BCUT2D eigenvalue weighted by Gasteiger charge is -2.08. The van der Waals surface area contributed by atoms with E-state index in [4.69, 9.17) is 9.47 Å². The van der Waals surface area contributed by atoms with Crippen molar-refractivity contribution < 1.29 is 19.2 Å². The maximum Gasteiger partial charge on any atom is 0.324 e. The van der Waals surface area contributed by atoms with Crippen molar-refractivity contribution >= 4 is 28.5 Å². The molecule has 0 radical (unpaired) electrons. The molecular weight excluding hydrogens is 394 g/mol. The van der Waals surface area contributed by atoms with E-state index in [2.05, 4.69) is 10.5 Å². The minimum atomic E-state index is -0.474. The lowest BCUT2D eigenvalue weighted by atomic mass is 10.2. The van der Waals surface area contributed by atoms with E-state index in [9.17, 15) is 14.9 Å². The Morgan fingerprint density at radius 3 is 2.66 bits per heavy atom. The fourth-order valence-corrected chi connectivity index (χ4v) is 3.05. The van der Waals surface area contributed by atoms with Gasteiger partial charge in [-0.15, -0.1) is 0 Å². The summed E-state index contributed by atoms with van der Waals surface area (Å²) in [5.41, 5.74) is 3.77. The third-order valence-electron chi connectivity index (χ3n) is 3.81. The average Bonchev–Trinajstić information content (AvgIpc) is 3.22. The molecular formula is C20H17N3O5S. The maximum atomic E-state index is 12.1. The number of nitro groups is 1. The van der Waals surface area contributed by atoms with Gasteiger partial charge in [-0.1, -0.05) is 23.5 Å². The van der Waals surface area contributed by atoms with Crippen LogP contribution in [0.5, 0.6) is 11.5 Å². The van der Waals surface area contributed by atoms with E-state index < -0.39 is 10.8 Å². The Bertz CT molecular complexity index is 1030. The lowest BCUT2D eigenvalue weighted by Crippen LogP contribution is -2.17. The van der Waals surface area contributed by atoms with Crippen molar-refractivity contribution in [3.05, 3.63) is 86.8 Å². The number of methoxy groups -OCH3 is 1. The summed E-state index contributed by atoms with van der Waals surface area (Å²) in [4.78, 5) is 22.9. The van der Waals surface area contributed by atoms with Gasteiger partial charge < -0.3 is 9.47 Å². The fraction of sp³-hybridized carbons (Fsp3) is 0.100. The largest absolute Gasteiger partial charge is 0.497 e. The summed E-state index contributed by atoms with van der Waals surface area (Å²) in [6.45, 7) is 0.375. The molecule has 8 nitrogen and oxygen atoms in total. The molecule has 2 aromatic carbocycles. The van der Waals surface area contributed by atoms with Crippen LogP contribution in [0.25, 0.3) is 0 Å². The van der Waals surface area contributed by atoms with Crippen LogP contribution in [0.15, 0.2) is 65.8 Å². The number of hydrogen-bond donors (Lipinski definition) is 1. The van der Waals surface area contributed by atoms with Gasteiger partial charge in [0.15, 0.2) is 0 Å². The standard InChI is InChI=1S/C20H17N3O5S/c1-27-17-4-2-3-14(11-17)13-28-16-7-5-15(6-8-16)20(24)22-21-12-18-9-10-19(29-18)23(25)26/h2-12H,13H2,1H3,(H,22,24). The van der Waals surface area contributed by atoms with Gasteiger partial charge in [0.25, 0.3) is 5.91 Å². The van der Waals surface area contributed by atoms with Gasteiger partial charge in [-0.05, 0) is 48.0 Å². The van der Waals surface area contributed by atoms with E-state index in [1.54, 1.807) is 37.4 Å². The van der Waals surface area contributed by atoms with Gasteiger partial charge in [-0.25, -0.2) is 5.43 Å². The number of carbonyl (C=O) groups is 1. The molecule has 29 heavy (non-hydrogen) atoms. The molecule has 1 amide bonds. The Morgan fingerprint density at radius 1 is 1.17 bits per heavy atom. The van der Waals surface area contributed by atoms with E-state index in [0.29, 0.717) is 22.8 Å². The predicted molar refractivity (Wildman–Crippen MR) is 110 cm³/mol. The highest BCUT2D eigenvalue weighted by molar-refractivity contribution is 7.16. The zero-order valence-corrected chi connectivity index (χ0v) is 16.2. The first-order valence-electron chi connectivity index (χ1n) is 8.48. The Labute approximate surface area is 170 Å². The predicted octanol–water partition coefficient (Wildman–Crippen LogP) is 4.01. The third kappa shape index (κ3) is 5.63. The second-order valence-corrected chi connectivity index (χ2v) is 6.89. The SMILES string of the molecule is COc1cccc(COc2ccc(C(=O)NN=Cc3ccc([N+](=O)[O-])s3)cc2)c1. The van der Waals surface area contributed by atoms with Gasteiger partial charge >= 0.3 is 5.00 Å². The summed E-state index contributed by atoms with van der Waals surface area (Å²) < 4.78 is 10.9. The number of nitrogens with zero attached hydrogens (tertiary/aromatic N) is 2. The summed E-state index contributed by atoms with van der Waals surface area (Å²) >= 11 is 0.972. The smallest absolute Gasteiger partial charge is 0.324 e. The molecule has 1 aromatic heterocycles. The van der Waals surface area contributed by atoms with Crippen LogP contribution in [0, 0.1) is 10.1 Å². The Morgan fingerprint density at radius 2 is 1.97 bits per heavy atom. The van der Waals surface area contributed by atoms with E-state index in [-0.39, 0.29) is 5.00 Å². The van der Waals surface area contributed by atoms with Gasteiger partial charge in [-0.2, -0.15) is 5.10 Å². The highest BCUT2D eigenvalue weighted by Crippen LogP contribution is 2.22. The summed E-state index contributed by atoms with van der Waals surface area (Å²) in [7, 11) is 1.61. The van der Waals surface area contributed by atoms with Crippen LogP contribution in [0.3, 0.4) is 0 Å². The van der Waals surface area contributed by atoms with Crippen molar-refractivity contribution in [1.82, 2.24) is 5.43 Å². The maximum absolute atomic E-state index is 12.1. The van der Waals surface area contributed by atoms with Gasteiger partial charge in [0, 0.05) is 11.6 Å². The van der Waals surface area contributed by atoms with E-state index in [1.165, 1.54) is 12.3 Å². The number of nitrogens with one attached hydrogen (secondary N) is 1. The van der Waals surface area contributed by atoms with Crippen LogP contribution in [0.1, 0.15) is 20.8 Å². The number of rotatable bonds is 8. The van der Waals surface area contributed by atoms with Crippen LogP contribution in [-0.4, -0.2) is 24.2 Å². The zero-order valence-electron chi connectivity index (χ0n) is 15.4. The summed E-state index contributed by atoms with van der Waals surface area (Å²) in [6.07, 6.45) is 1.36. The molecule has 148 valence electrons. The summed E-state index contributed by atoms with van der Waals surface area (Å²) in [5, 5.41) is 14.5. The number of benzene rings is 2. The molecule has 0 unspecified atom stereocenters. The first-order valence-corrected chi connectivity index (χ1v) is 9.30. The molecule has 9 heteroatoms. The minimum Gasteiger partial charge on any atom is -0.497 e. The number of ether oxygens (including phenoxy) is 2. The molecule has 0 saturated heterocycles. The van der Waals surface area contributed by atoms with Crippen molar-refractivity contribution in [2.75, 3.05) is 7.11 Å². The molecule has 0 aliphatic carbocycles. The zero-order chi connectivity index (χ0) is 20.6. The minimum absolute atomic E-state index is 0.0160. The molecule has 1 N–H and O–H groups in total. The van der Waals surface area contributed by atoms with Crippen molar-refractivity contribution in [1.29, 1.82) is 0 Å². The highest BCUT2D eigenvalue weighted by Gasteiger charge is 2.09. The molecule has 0 aliphatic rings. The Hall–Kier alpha value is -3.72. The number of thiophene rings is 1. The molecule has 0 fully saturated rings. The molecule has 3 aromatic rings. The molecule has 0 aliphatic heterocycles. The second-order valence-electron chi connectivity index (χ2n) is 5.80. The normalized spacial score (nSPS) is 10.7. The Balaban J connectivity index is 1.52. The number of carbonyl (C=O) groups excluding carboxylic acids is 1. The van der Waals surface area contributed by atoms with Crippen LogP contribution in [0.2, 0.25) is 0 Å². The van der Waals surface area contributed by atoms with Crippen molar-refractivity contribution in [3.63, 3.8) is 0 Å². The van der Waals surface area contributed by atoms with E-state index >= 15 is 0 Å². The number of hydrazone groups is 1. The van der Waals surface area contributed by atoms with Gasteiger partial charge in [0.05, 0.1) is 23.1 Å². The molecule has 0 bridgehead atoms. The van der Waals surface area contributed by atoms with Gasteiger partial charge in [0.2, 0.25) is 0 Å². The molecule has 3 rings (SSSR count). The van der Waals surface area contributed by atoms with Gasteiger partial charge in [-0.3, -0.25) is 14.9 Å². The average molecular weight is 411 g/mol. The van der Waals surface area contributed by atoms with Crippen molar-refractivity contribution in [2.24, 2.45) is 5.10 Å². The first-order chi connectivity index (χ1) is 14.0. The van der Waals surface area contributed by atoms with Crippen LogP contribution in [0.4, 0.5) is 5.00 Å². The number of amides is 1. The first kappa shape index (κ1) is 20.0. The van der Waals surface area contributed by atoms with E-state index in [0.717, 1.165) is 22.6 Å². The van der Waals surface area contributed by atoms with Crippen molar-refractivity contribution in [3.8, 4) is 11.5 Å². The van der Waals surface area contributed by atoms with E-state index in [1.807, 2.05) is 24.3 Å². The monoisotopic (exact) mass is 411 g/mol. The highest BCUT2D eigenvalue weighted by atomic mass is 32.1. The topological polar surface area (TPSA) is 103 Å². The van der Waals surface area contributed by atoms with Crippen LogP contribution in [-0.2, 0) is 6.61 Å². The second kappa shape index (κ2) is 9.47. The lowest BCUT2D eigenvalue weighted by molar-refractivity contribution is -0.380. The summed E-state index contributed by atoms with van der Waals surface area (Å²) in [6, 6.07) is 17.2. The van der Waals surface area contributed by atoms with Crippen LogP contribution >= 0.6 is 11.3 Å². The Kier molecular flexibility index (Phi) is 6.54. The summed E-state index contributed by atoms with van der Waals surface area (Å²) in [5.74, 6) is 0.987. The quantitative estimate of drug-likeness (QED) is 0.343. The van der Waals surface area contributed by atoms with Crippen molar-refractivity contribution in [2.45, 2.75) is 6.61 Å². The fourth-order valence-electron chi connectivity index (χ4n) is 2.36. The number of hydrogen-bond acceptors (Lipinski definition) is 7. The molecule has 0 spiro atoms. The molecule has 1 heterocycles. The van der Waals surface area contributed by atoms with Crippen LogP contribution < -0.4 is 14.9 Å². The third-order valence-corrected chi connectivity index (χ3v) is 4.78. The van der Waals surface area contributed by atoms with Gasteiger partial charge in [0.1, 0.15) is 18.1 Å². The molecule has 0 atom stereocenters. The molecule has 0 saturated carbocycles.